The standard InChI is InChI=1S/C10H12N2OS/c11-5-9(14)6-1-2-8-7(3-6)4-10(13)12-8/h1-3,9,14H,4-5,11H2,(H,12,13). The predicted octanol–water partition coefficient (Wildman–Crippen LogP) is 1.11. The van der Waals surface area contributed by atoms with Gasteiger partial charge < -0.3 is 11.1 Å². The lowest BCUT2D eigenvalue weighted by molar-refractivity contribution is -0.115. The van der Waals surface area contributed by atoms with E-state index in [1.165, 1.54) is 0 Å². The molecule has 4 heteroatoms. The topological polar surface area (TPSA) is 55.1 Å². The third-order valence-electron chi connectivity index (χ3n) is 2.36. The summed E-state index contributed by atoms with van der Waals surface area (Å²) in [5.41, 5.74) is 8.55. The van der Waals surface area contributed by atoms with Gasteiger partial charge in [-0.3, -0.25) is 4.79 Å². The Hall–Kier alpha value is -1.00. The molecule has 0 bridgehead atoms. The van der Waals surface area contributed by atoms with E-state index in [1.54, 1.807) is 0 Å². The third kappa shape index (κ3) is 1.63. The number of anilines is 1. The Bertz CT molecular complexity index is 378. The van der Waals surface area contributed by atoms with Crippen LogP contribution in [-0.4, -0.2) is 12.5 Å². The summed E-state index contributed by atoms with van der Waals surface area (Å²) in [6.45, 7) is 0.503. The van der Waals surface area contributed by atoms with Crippen molar-refractivity contribution >= 4 is 24.2 Å². The van der Waals surface area contributed by atoms with Crippen molar-refractivity contribution < 1.29 is 4.79 Å². The molecule has 1 aliphatic heterocycles. The highest BCUT2D eigenvalue weighted by molar-refractivity contribution is 7.80. The molecule has 14 heavy (non-hydrogen) atoms. The van der Waals surface area contributed by atoms with Gasteiger partial charge in [0, 0.05) is 17.5 Å². The second-order valence-electron chi connectivity index (χ2n) is 3.39. The van der Waals surface area contributed by atoms with Crippen molar-refractivity contribution in [3.8, 4) is 0 Å². The van der Waals surface area contributed by atoms with Gasteiger partial charge in [0.1, 0.15) is 0 Å². The van der Waals surface area contributed by atoms with Crippen LogP contribution < -0.4 is 11.1 Å². The molecule has 0 aliphatic carbocycles. The van der Waals surface area contributed by atoms with Crippen molar-refractivity contribution in [1.29, 1.82) is 0 Å². The van der Waals surface area contributed by atoms with Crippen LogP contribution >= 0.6 is 12.6 Å². The number of hydrogen-bond donors (Lipinski definition) is 3. The van der Waals surface area contributed by atoms with Crippen molar-refractivity contribution in [3.63, 3.8) is 0 Å². The van der Waals surface area contributed by atoms with E-state index >= 15 is 0 Å². The average molecular weight is 208 g/mol. The summed E-state index contributed by atoms with van der Waals surface area (Å²) in [5.74, 6) is 0.0561. The molecule has 1 aromatic carbocycles. The molecule has 1 aliphatic rings. The van der Waals surface area contributed by atoms with Crippen LogP contribution in [0.15, 0.2) is 18.2 Å². The Morgan fingerprint density at radius 3 is 3.07 bits per heavy atom. The van der Waals surface area contributed by atoms with Crippen LogP contribution in [0.5, 0.6) is 0 Å². The number of nitrogens with one attached hydrogen (secondary N) is 1. The maximum absolute atomic E-state index is 11.1. The van der Waals surface area contributed by atoms with E-state index in [0.717, 1.165) is 16.8 Å². The lowest BCUT2D eigenvalue weighted by atomic mass is 10.1. The first kappa shape index (κ1) is 9.55. The van der Waals surface area contributed by atoms with Crippen LogP contribution in [0, 0.1) is 0 Å². The molecule has 1 amide bonds. The number of fused-ring (bicyclic) bond motifs is 1. The maximum atomic E-state index is 11.1. The number of benzene rings is 1. The van der Waals surface area contributed by atoms with Gasteiger partial charge in [-0.05, 0) is 17.2 Å². The van der Waals surface area contributed by atoms with Crippen molar-refractivity contribution in [2.75, 3.05) is 11.9 Å². The molecule has 0 radical (unpaired) electrons. The zero-order chi connectivity index (χ0) is 10.1. The fourth-order valence-electron chi connectivity index (χ4n) is 1.59. The van der Waals surface area contributed by atoms with Crippen LogP contribution in [0.25, 0.3) is 0 Å². The molecule has 3 N–H and O–H groups in total. The SMILES string of the molecule is NCC(S)c1ccc2c(c1)CC(=O)N2. The Labute approximate surface area is 88.1 Å². The molecular formula is C10H12N2OS. The Balaban J connectivity index is 2.32. The first-order valence-corrected chi connectivity index (χ1v) is 5.03. The van der Waals surface area contributed by atoms with E-state index in [1.807, 2.05) is 18.2 Å². The van der Waals surface area contributed by atoms with Crippen molar-refractivity contribution in [2.45, 2.75) is 11.7 Å². The summed E-state index contributed by atoms with van der Waals surface area (Å²) in [6, 6.07) is 5.86. The highest BCUT2D eigenvalue weighted by Gasteiger charge is 2.18. The van der Waals surface area contributed by atoms with Crippen LogP contribution in [0.2, 0.25) is 0 Å². The predicted molar refractivity (Wildman–Crippen MR) is 59.6 cm³/mol. The number of hydrogen-bond acceptors (Lipinski definition) is 3. The van der Waals surface area contributed by atoms with Gasteiger partial charge in [-0.2, -0.15) is 12.6 Å². The molecule has 0 aromatic heterocycles. The lowest BCUT2D eigenvalue weighted by Gasteiger charge is -2.09. The second kappa shape index (κ2) is 3.63. The summed E-state index contributed by atoms with van der Waals surface area (Å²) >= 11 is 4.35. The molecule has 1 atom stereocenters. The van der Waals surface area contributed by atoms with E-state index in [9.17, 15) is 4.79 Å². The third-order valence-corrected chi connectivity index (χ3v) is 2.87. The van der Waals surface area contributed by atoms with E-state index in [0.29, 0.717) is 13.0 Å². The molecular weight excluding hydrogens is 196 g/mol. The molecule has 3 nitrogen and oxygen atoms in total. The van der Waals surface area contributed by atoms with Gasteiger partial charge in [0.15, 0.2) is 0 Å². The van der Waals surface area contributed by atoms with Gasteiger partial charge in [-0.15, -0.1) is 0 Å². The van der Waals surface area contributed by atoms with Crippen molar-refractivity contribution in [1.82, 2.24) is 0 Å². The Morgan fingerprint density at radius 2 is 2.36 bits per heavy atom. The normalized spacial score (nSPS) is 16.3. The molecule has 0 spiro atoms. The van der Waals surface area contributed by atoms with E-state index in [4.69, 9.17) is 5.73 Å². The number of carbonyl (C=O) groups is 1. The van der Waals surface area contributed by atoms with Crippen molar-refractivity contribution in [3.05, 3.63) is 29.3 Å². The molecule has 0 saturated carbocycles. The first-order chi connectivity index (χ1) is 6.70. The van der Waals surface area contributed by atoms with Crippen molar-refractivity contribution in [2.24, 2.45) is 5.73 Å². The molecule has 74 valence electrons. The van der Waals surface area contributed by atoms with Crippen LogP contribution in [0.3, 0.4) is 0 Å². The number of rotatable bonds is 2. The molecule has 0 fully saturated rings. The summed E-state index contributed by atoms with van der Waals surface area (Å²) < 4.78 is 0. The lowest BCUT2D eigenvalue weighted by Crippen LogP contribution is -2.06. The quantitative estimate of drug-likeness (QED) is 0.638. The number of carbonyl (C=O) groups excluding carboxylic acids is 1. The molecule has 1 unspecified atom stereocenters. The van der Waals surface area contributed by atoms with E-state index in [2.05, 4.69) is 17.9 Å². The van der Waals surface area contributed by atoms with E-state index in [-0.39, 0.29) is 11.2 Å². The fourth-order valence-corrected chi connectivity index (χ4v) is 1.75. The molecule has 1 aromatic rings. The molecule has 2 rings (SSSR count). The number of thiol groups is 1. The largest absolute Gasteiger partial charge is 0.329 e. The summed E-state index contributed by atoms with van der Waals surface area (Å²) in [6.07, 6.45) is 0.467. The van der Waals surface area contributed by atoms with Crippen LogP contribution in [0.4, 0.5) is 5.69 Å². The van der Waals surface area contributed by atoms with Gasteiger partial charge in [0.25, 0.3) is 0 Å². The zero-order valence-electron chi connectivity index (χ0n) is 7.66. The minimum Gasteiger partial charge on any atom is -0.329 e. The number of amides is 1. The highest BCUT2D eigenvalue weighted by Crippen LogP contribution is 2.28. The fraction of sp³-hybridized carbons (Fsp3) is 0.300. The Morgan fingerprint density at radius 1 is 1.57 bits per heavy atom. The first-order valence-electron chi connectivity index (χ1n) is 4.51. The molecule has 1 heterocycles. The maximum Gasteiger partial charge on any atom is 0.228 e. The van der Waals surface area contributed by atoms with Crippen LogP contribution in [0.1, 0.15) is 16.4 Å². The Kier molecular flexibility index (Phi) is 2.48. The summed E-state index contributed by atoms with van der Waals surface area (Å²) in [7, 11) is 0. The minimum atomic E-state index is 0.0519. The van der Waals surface area contributed by atoms with Crippen LogP contribution in [-0.2, 0) is 11.2 Å². The van der Waals surface area contributed by atoms with Gasteiger partial charge in [-0.1, -0.05) is 12.1 Å². The van der Waals surface area contributed by atoms with Gasteiger partial charge in [0.2, 0.25) is 5.91 Å². The van der Waals surface area contributed by atoms with Gasteiger partial charge in [0.05, 0.1) is 6.42 Å². The summed E-state index contributed by atoms with van der Waals surface area (Å²) in [4.78, 5) is 11.1. The minimum absolute atomic E-state index is 0.0519. The second-order valence-corrected chi connectivity index (χ2v) is 4.02. The smallest absolute Gasteiger partial charge is 0.228 e. The highest BCUT2D eigenvalue weighted by atomic mass is 32.1. The average Bonchev–Trinajstić information content (AvgIpc) is 2.55. The summed E-state index contributed by atoms with van der Waals surface area (Å²) in [5, 5.41) is 2.84. The number of nitrogens with two attached hydrogens (primary N) is 1. The molecule has 0 saturated heterocycles. The monoisotopic (exact) mass is 208 g/mol. The van der Waals surface area contributed by atoms with Gasteiger partial charge in [-0.25, -0.2) is 0 Å². The van der Waals surface area contributed by atoms with E-state index < -0.39 is 0 Å². The zero-order valence-corrected chi connectivity index (χ0v) is 8.55. The van der Waals surface area contributed by atoms with Gasteiger partial charge >= 0.3 is 0 Å².